The molecular formula is C15H24N4O3S. The van der Waals surface area contributed by atoms with E-state index in [2.05, 4.69) is 26.5 Å². The van der Waals surface area contributed by atoms with Crippen molar-refractivity contribution in [1.82, 2.24) is 20.4 Å². The van der Waals surface area contributed by atoms with E-state index in [0.29, 0.717) is 18.9 Å². The molecule has 0 saturated carbocycles. The van der Waals surface area contributed by atoms with Gasteiger partial charge >= 0.3 is 0 Å². The van der Waals surface area contributed by atoms with E-state index in [1.54, 1.807) is 0 Å². The third-order valence-corrected chi connectivity index (χ3v) is 6.38. The van der Waals surface area contributed by atoms with E-state index in [0.717, 1.165) is 37.3 Å². The van der Waals surface area contributed by atoms with Crippen molar-refractivity contribution in [2.75, 3.05) is 31.1 Å². The number of nitrogens with one attached hydrogen (secondary N) is 2. The molecule has 2 saturated heterocycles. The van der Waals surface area contributed by atoms with E-state index in [1.165, 1.54) is 0 Å². The molecule has 0 radical (unpaired) electrons. The average molecular weight is 340 g/mol. The van der Waals surface area contributed by atoms with Gasteiger partial charge in [0.1, 0.15) is 0 Å². The number of rotatable bonds is 4. The number of carbonyl (C=O) groups excluding carboxylic acids is 1. The molecule has 3 heterocycles. The third-order valence-electron chi connectivity index (χ3n) is 4.61. The fourth-order valence-electron chi connectivity index (χ4n) is 3.47. The predicted molar refractivity (Wildman–Crippen MR) is 86.9 cm³/mol. The molecule has 1 aromatic rings. The van der Waals surface area contributed by atoms with Gasteiger partial charge in [-0.2, -0.15) is 5.10 Å². The molecule has 0 spiro atoms. The molecule has 0 bridgehead atoms. The van der Waals surface area contributed by atoms with Gasteiger partial charge in [-0.25, -0.2) is 8.42 Å². The molecule has 2 N–H and O–H groups in total. The Labute approximate surface area is 136 Å². The number of aryl methyl sites for hydroxylation is 1. The number of hydrogen-bond donors (Lipinski definition) is 2. The lowest BCUT2D eigenvalue weighted by molar-refractivity contribution is -0.123. The summed E-state index contributed by atoms with van der Waals surface area (Å²) in [5.41, 5.74) is 2.12. The van der Waals surface area contributed by atoms with Crippen molar-refractivity contribution in [3.63, 3.8) is 0 Å². The second kappa shape index (κ2) is 6.60. The number of carbonyl (C=O) groups is 1. The number of likely N-dealkylation sites (tertiary alicyclic amines) is 1. The molecule has 1 aromatic heterocycles. The number of aromatic amines is 1. The average Bonchev–Trinajstić information content (AvgIpc) is 3.05. The quantitative estimate of drug-likeness (QED) is 0.816. The summed E-state index contributed by atoms with van der Waals surface area (Å²) in [7, 11) is -2.96. The van der Waals surface area contributed by atoms with Crippen molar-refractivity contribution in [1.29, 1.82) is 0 Å². The number of hydrogen-bond acceptors (Lipinski definition) is 5. The number of amides is 1. The summed E-state index contributed by atoms with van der Waals surface area (Å²) in [6, 6.07) is 1.85. The fourth-order valence-corrected chi connectivity index (χ4v) is 5.15. The normalized spacial score (nSPS) is 27.9. The van der Waals surface area contributed by atoms with E-state index >= 15 is 0 Å². The van der Waals surface area contributed by atoms with Crippen LogP contribution in [0.15, 0.2) is 6.07 Å². The van der Waals surface area contributed by atoms with Gasteiger partial charge in [-0.15, -0.1) is 0 Å². The molecule has 1 amide bonds. The first-order chi connectivity index (χ1) is 10.9. The highest BCUT2D eigenvalue weighted by atomic mass is 32.2. The third kappa shape index (κ3) is 4.32. The Kier molecular flexibility index (Phi) is 4.72. The smallest absolute Gasteiger partial charge is 0.234 e. The van der Waals surface area contributed by atoms with Gasteiger partial charge in [0.15, 0.2) is 9.84 Å². The summed E-state index contributed by atoms with van der Waals surface area (Å²) >= 11 is 0. The largest absolute Gasteiger partial charge is 0.351 e. The topological polar surface area (TPSA) is 95.2 Å². The van der Waals surface area contributed by atoms with Crippen LogP contribution >= 0.6 is 0 Å². The summed E-state index contributed by atoms with van der Waals surface area (Å²) in [6.45, 7) is 4.04. The maximum Gasteiger partial charge on any atom is 0.234 e. The highest BCUT2D eigenvalue weighted by Gasteiger charge is 2.30. The first-order valence-electron chi connectivity index (χ1n) is 8.15. The molecule has 2 aliphatic heterocycles. The molecule has 2 aliphatic rings. The minimum absolute atomic E-state index is 0.0773. The molecule has 23 heavy (non-hydrogen) atoms. The van der Waals surface area contributed by atoms with Crippen LogP contribution < -0.4 is 5.32 Å². The second-order valence-electron chi connectivity index (χ2n) is 6.72. The molecule has 0 aromatic carbocycles. The van der Waals surface area contributed by atoms with E-state index in [1.807, 2.05) is 6.92 Å². The zero-order valence-electron chi connectivity index (χ0n) is 13.4. The minimum atomic E-state index is -2.96. The van der Waals surface area contributed by atoms with Gasteiger partial charge in [0.05, 0.1) is 23.7 Å². The first kappa shape index (κ1) is 16.4. The van der Waals surface area contributed by atoms with Crippen LogP contribution in [0.5, 0.6) is 0 Å². The second-order valence-corrected chi connectivity index (χ2v) is 8.95. The van der Waals surface area contributed by atoms with Gasteiger partial charge < -0.3 is 5.32 Å². The Morgan fingerprint density at radius 2 is 2.30 bits per heavy atom. The summed E-state index contributed by atoms with van der Waals surface area (Å²) in [5.74, 6) is 0.537. The molecule has 128 valence electrons. The number of aromatic nitrogens is 2. The molecule has 3 rings (SSSR count). The van der Waals surface area contributed by atoms with Gasteiger partial charge in [-0.3, -0.25) is 14.8 Å². The van der Waals surface area contributed by atoms with Gasteiger partial charge in [-0.1, -0.05) is 0 Å². The zero-order valence-corrected chi connectivity index (χ0v) is 14.2. The van der Waals surface area contributed by atoms with Crippen molar-refractivity contribution < 1.29 is 13.2 Å². The van der Waals surface area contributed by atoms with Crippen LogP contribution in [0.3, 0.4) is 0 Å². The maximum atomic E-state index is 12.2. The van der Waals surface area contributed by atoms with E-state index in [9.17, 15) is 13.2 Å². The van der Waals surface area contributed by atoms with Crippen molar-refractivity contribution in [2.24, 2.45) is 0 Å². The molecular weight excluding hydrogens is 316 g/mol. The van der Waals surface area contributed by atoms with Crippen LogP contribution in [-0.2, 0) is 14.6 Å². The van der Waals surface area contributed by atoms with Crippen LogP contribution in [0.4, 0.5) is 0 Å². The van der Waals surface area contributed by atoms with Crippen molar-refractivity contribution in [3.05, 3.63) is 17.5 Å². The van der Waals surface area contributed by atoms with E-state index in [4.69, 9.17) is 0 Å². The van der Waals surface area contributed by atoms with Gasteiger partial charge in [0.2, 0.25) is 5.91 Å². The van der Waals surface area contributed by atoms with Crippen molar-refractivity contribution >= 4 is 15.7 Å². The van der Waals surface area contributed by atoms with Crippen LogP contribution in [0, 0.1) is 6.92 Å². The predicted octanol–water partition coefficient (Wildman–Crippen LogP) is 0.201. The molecule has 8 heteroatoms. The molecule has 7 nitrogen and oxygen atoms in total. The first-order valence-corrected chi connectivity index (χ1v) is 9.97. The fraction of sp³-hybridized carbons (Fsp3) is 0.733. The minimum Gasteiger partial charge on any atom is -0.351 e. The van der Waals surface area contributed by atoms with Gasteiger partial charge in [-0.05, 0) is 38.8 Å². The summed E-state index contributed by atoms with van der Waals surface area (Å²) in [6.07, 6.45) is 2.66. The monoisotopic (exact) mass is 340 g/mol. The number of sulfone groups is 1. The van der Waals surface area contributed by atoms with E-state index in [-0.39, 0.29) is 23.5 Å². The van der Waals surface area contributed by atoms with Crippen LogP contribution in [0.25, 0.3) is 0 Å². The van der Waals surface area contributed by atoms with Crippen molar-refractivity contribution in [2.45, 2.75) is 38.1 Å². The Hall–Kier alpha value is -1.41. The lowest BCUT2D eigenvalue weighted by Crippen LogP contribution is -2.45. The molecule has 2 atom stereocenters. The highest BCUT2D eigenvalue weighted by Crippen LogP contribution is 2.25. The highest BCUT2D eigenvalue weighted by molar-refractivity contribution is 7.91. The Morgan fingerprint density at radius 3 is 2.96 bits per heavy atom. The molecule has 0 unspecified atom stereocenters. The number of piperidine rings is 1. The number of nitrogens with zero attached hydrogens (tertiary/aromatic N) is 2. The number of H-pyrrole nitrogens is 1. The summed E-state index contributed by atoms with van der Waals surface area (Å²) in [4.78, 5) is 14.3. The Balaban J connectivity index is 1.50. The summed E-state index contributed by atoms with van der Waals surface area (Å²) < 4.78 is 22.9. The lowest BCUT2D eigenvalue weighted by Gasteiger charge is -2.31. The van der Waals surface area contributed by atoms with E-state index < -0.39 is 9.84 Å². The van der Waals surface area contributed by atoms with Gasteiger partial charge in [0.25, 0.3) is 0 Å². The SMILES string of the molecule is Cc1cc([C@@H]2CCCN(CC(=O)N[C@H]3CCS(=O)(=O)C3)C2)n[nH]1. The van der Waals surface area contributed by atoms with Crippen molar-refractivity contribution in [3.8, 4) is 0 Å². The van der Waals surface area contributed by atoms with Crippen LogP contribution in [-0.4, -0.2) is 66.6 Å². The summed E-state index contributed by atoms with van der Waals surface area (Å²) in [5, 5.41) is 10.2. The van der Waals surface area contributed by atoms with Gasteiger partial charge in [0, 0.05) is 24.2 Å². The maximum absolute atomic E-state index is 12.2. The Bertz CT molecular complexity index is 670. The van der Waals surface area contributed by atoms with Crippen LogP contribution in [0.2, 0.25) is 0 Å². The Morgan fingerprint density at radius 1 is 1.48 bits per heavy atom. The molecule has 2 fully saturated rings. The zero-order chi connectivity index (χ0) is 16.4. The standard InChI is InChI=1S/C15H24N4O3S/c1-11-7-14(18-17-11)12-3-2-5-19(8-12)9-15(20)16-13-4-6-23(21,22)10-13/h7,12-13H,2-6,8-10H2,1H3,(H,16,20)(H,17,18)/t12-,13+/m1/s1. The van der Waals surface area contributed by atoms with Crippen LogP contribution in [0.1, 0.15) is 36.6 Å². The lowest BCUT2D eigenvalue weighted by atomic mass is 9.94. The molecule has 0 aliphatic carbocycles.